The smallest absolute Gasteiger partial charge is 0.0438 e. The van der Waals surface area contributed by atoms with E-state index < -0.39 is 0 Å². The van der Waals surface area contributed by atoms with Crippen LogP contribution in [-0.4, -0.2) is 24.7 Å². The molecule has 0 bridgehead atoms. The Bertz CT molecular complexity index is 474. The van der Waals surface area contributed by atoms with Crippen molar-refractivity contribution in [1.82, 2.24) is 5.32 Å². The van der Waals surface area contributed by atoms with Crippen LogP contribution < -0.4 is 10.2 Å². The fourth-order valence-corrected chi connectivity index (χ4v) is 3.54. The van der Waals surface area contributed by atoms with Crippen molar-refractivity contribution >= 4 is 5.69 Å². The number of anilines is 1. The quantitative estimate of drug-likeness (QED) is 0.889. The summed E-state index contributed by atoms with van der Waals surface area (Å²) in [7, 11) is 0. The van der Waals surface area contributed by atoms with Crippen molar-refractivity contribution in [3.8, 4) is 0 Å². The van der Waals surface area contributed by atoms with Gasteiger partial charge in [0, 0.05) is 30.4 Å². The molecule has 1 atom stereocenters. The molecule has 1 heterocycles. The molecule has 21 heavy (non-hydrogen) atoms. The molecule has 1 N–H and O–H groups in total. The fraction of sp³-hybridized carbons (Fsp3) is 0.684. The summed E-state index contributed by atoms with van der Waals surface area (Å²) in [6, 6.07) is 7.44. The summed E-state index contributed by atoms with van der Waals surface area (Å²) in [5.41, 5.74) is 4.45. The van der Waals surface area contributed by atoms with Crippen LogP contribution in [0.15, 0.2) is 18.2 Å². The van der Waals surface area contributed by atoms with Crippen LogP contribution in [0, 0.1) is 19.8 Å². The van der Waals surface area contributed by atoms with Gasteiger partial charge in [0.1, 0.15) is 0 Å². The van der Waals surface area contributed by atoms with E-state index >= 15 is 0 Å². The highest BCUT2D eigenvalue weighted by atomic mass is 15.3. The summed E-state index contributed by atoms with van der Waals surface area (Å²) in [5, 5.41) is 3.86. The monoisotopic (exact) mass is 288 g/mol. The molecule has 1 unspecified atom stereocenters. The highest BCUT2D eigenvalue weighted by molar-refractivity contribution is 5.56. The summed E-state index contributed by atoms with van der Waals surface area (Å²) in [4.78, 5) is 2.68. The van der Waals surface area contributed by atoms with Gasteiger partial charge in [0.2, 0.25) is 0 Å². The molecule has 1 saturated heterocycles. The van der Waals surface area contributed by atoms with Crippen LogP contribution in [0.5, 0.6) is 0 Å². The summed E-state index contributed by atoms with van der Waals surface area (Å²) in [5.74, 6) is 0.657. The van der Waals surface area contributed by atoms with Crippen LogP contribution in [0.25, 0.3) is 0 Å². The van der Waals surface area contributed by atoms with E-state index in [0.717, 1.165) is 13.1 Å². The van der Waals surface area contributed by atoms with E-state index in [0.29, 0.717) is 12.0 Å². The van der Waals surface area contributed by atoms with Gasteiger partial charge in [-0.1, -0.05) is 39.8 Å². The lowest BCUT2D eigenvalue weighted by molar-refractivity contribution is 0.227. The second-order valence-electron chi connectivity index (χ2n) is 7.10. The number of aryl methyl sites for hydroxylation is 2. The van der Waals surface area contributed by atoms with Gasteiger partial charge in [0.05, 0.1) is 0 Å². The standard InChI is InChI=1S/C19H32N2/c1-7-19(8-2)13-21(18(12-20-19)14(3)4)17-11-15(5)9-10-16(17)6/h9-11,14,18,20H,7-8,12-13H2,1-6H3. The minimum Gasteiger partial charge on any atom is -0.365 e. The third-order valence-electron chi connectivity index (χ3n) is 5.36. The van der Waals surface area contributed by atoms with E-state index in [1.807, 2.05) is 0 Å². The van der Waals surface area contributed by atoms with Gasteiger partial charge in [-0.2, -0.15) is 0 Å². The van der Waals surface area contributed by atoms with E-state index in [1.165, 1.54) is 29.7 Å². The van der Waals surface area contributed by atoms with Crippen LogP contribution >= 0.6 is 0 Å². The van der Waals surface area contributed by atoms with Gasteiger partial charge in [-0.05, 0) is 49.8 Å². The molecule has 2 nitrogen and oxygen atoms in total. The van der Waals surface area contributed by atoms with Crippen LogP contribution in [0.4, 0.5) is 5.69 Å². The normalized spacial score (nSPS) is 21.9. The lowest BCUT2D eigenvalue weighted by Gasteiger charge is -2.50. The van der Waals surface area contributed by atoms with E-state index in [-0.39, 0.29) is 5.54 Å². The molecule has 2 rings (SSSR count). The van der Waals surface area contributed by atoms with Crippen molar-refractivity contribution < 1.29 is 0 Å². The molecule has 1 aliphatic rings. The molecule has 118 valence electrons. The Hall–Kier alpha value is -1.02. The van der Waals surface area contributed by atoms with Gasteiger partial charge < -0.3 is 10.2 Å². The zero-order chi connectivity index (χ0) is 15.6. The minimum atomic E-state index is 0.265. The van der Waals surface area contributed by atoms with E-state index in [2.05, 4.69) is 70.0 Å². The Balaban J connectivity index is 2.40. The van der Waals surface area contributed by atoms with Crippen molar-refractivity contribution in [3.63, 3.8) is 0 Å². The first-order chi connectivity index (χ1) is 9.92. The van der Waals surface area contributed by atoms with Crippen LogP contribution in [-0.2, 0) is 0 Å². The second-order valence-corrected chi connectivity index (χ2v) is 7.10. The van der Waals surface area contributed by atoms with Gasteiger partial charge in [-0.3, -0.25) is 0 Å². The molecule has 0 radical (unpaired) electrons. The van der Waals surface area contributed by atoms with Gasteiger partial charge >= 0.3 is 0 Å². The largest absolute Gasteiger partial charge is 0.365 e. The van der Waals surface area contributed by atoms with Crippen molar-refractivity contribution in [1.29, 1.82) is 0 Å². The minimum absolute atomic E-state index is 0.265. The zero-order valence-corrected chi connectivity index (χ0v) is 14.7. The Morgan fingerprint density at radius 2 is 1.90 bits per heavy atom. The Kier molecular flexibility index (Phi) is 4.98. The summed E-state index contributed by atoms with van der Waals surface area (Å²) >= 11 is 0. The first-order valence-electron chi connectivity index (χ1n) is 8.51. The highest BCUT2D eigenvalue weighted by Crippen LogP contribution is 2.32. The molecule has 1 aromatic rings. The Labute approximate surface area is 130 Å². The highest BCUT2D eigenvalue weighted by Gasteiger charge is 2.38. The predicted octanol–water partition coefficient (Wildman–Crippen LogP) is 4.30. The maximum atomic E-state index is 3.86. The molecule has 0 amide bonds. The average Bonchev–Trinajstić information content (AvgIpc) is 2.49. The summed E-state index contributed by atoms with van der Waals surface area (Å²) < 4.78 is 0. The van der Waals surface area contributed by atoms with Crippen LogP contribution in [0.3, 0.4) is 0 Å². The molecule has 0 aliphatic carbocycles. The third kappa shape index (κ3) is 3.26. The van der Waals surface area contributed by atoms with Gasteiger partial charge in [-0.15, -0.1) is 0 Å². The maximum Gasteiger partial charge on any atom is 0.0438 e. The van der Waals surface area contributed by atoms with Crippen molar-refractivity contribution in [2.45, 2.75) is 66.0 Å². The molecule has 1 fully saturated rings. The maximum absolute atomic E-state index is 3.86. The molecular formula is C19H32N2. The number of rotatable bonds is 4. The van der Waals surface area contributed by atoms with Crippen molar-refractivity contribution in [2.75, 3.05) is 18.0 Å². The first kappa shape index (κ1) is 16.4. The molecule has 2 heteroatoms. The lowest BCUT2D eigenvalue weighted by Crippen LogP contribution is -2.65. The number of benzene rings is 1. The second kappa shape index (κ2) is 6.39. The Morgan fingerprint density at radius 3 is 2.48 bits per heavy atom. The zero-order valence-electron chi connectivity index (χ0n) is 14.7. The lowest BCUT2D eigenvalue weighted by atomic mass is 9.85. The first-order valence-corrected chi connectivity index (χ1v) is 8.51. The predicted molar refractivity (Wildman–Crippen MR) is 93.2 cm³/mol. The van der Waals surface area contributed by atoms with E-state index in [4.69, 9.17) is 0 Å². The van der Waals surface area contributed by atoms with Gasteiger partial charge in [0.25, 0.3) is 0 Å². The number of piperazine rings is 1. The van der Waals surface area contributed by atoms with Gasteiger partial charge in [0.15, 0.2) is 0 Å². The van der Waals surface area contributed by atoms with Crippen molar-refractivity contribution in [3.05, 3.63) is 29.3 Å². The molecule has 0 spiro atoms. The van der Waals surface area contributed by atoms with E-state index in [1.54, 1.807) is 0 Å². The fourth-order valence-electron chi connectivity index (χ4n) is 3.54. The number of hydrogen-bond donors (Lipinski definition) is 1. The van der Waals surface area contributed by atoms with E-state index in [9.17, 15) is 0 Å². The number of nitrogens with one attached hydrogen (secondary N) is 1. The van der Waals surface area contributed by atoms with Gasteiger partial charge in [-0.25, -0.2) is 0 Å². The number of nitrogens with zero attached hydrogens (tertiary/aromatic N) is 1. The summed E-state index contributed by atoms with van der Waals surface area (Å²) in [6.45, 7) is 16.0. The third-order valence-corrected chi connectivity index (χ3v) is 5.36. The van der Waals surface area contributed by atoms with Crippen molar-refractivity contribution in [2.24, 2.45) is 5.92 Å². The Morgan fingerprint density at radius 1 is 1.24 bits per heavy atom. The molecule has 0 aromatic heterocycles. The molecule has 1 aliphatic heterocycles. The molecular weight excluding hydrogens is 256 g/mol. The summed E-state index contributed by atoms with van der Waals surface area (Å²) in [6.07, 6.45) is 2.38. The van der Waals surface area contributed by atoms with Crippen LogP contribution in [0.2, 0.25) is 0 Å². The number of hydrogen-bond acceptors (Lipinski definition) is 2. The average molecular weight is 288 g/mol. The SMILES string of the molecule is CCC1(CC)CN(c2cc(C)ccc2C)C(C(C)C)CN1. The molecule has 0 saturated carbocycles. The topological polar surface area (TPSA) is 15.3 Å². The van der Waals surface area contributed by atoms with Crippen LogP contribution in [0.1, 0.15) is 51.7 Å². The molecule has 1 aromatic carbocycles.